The van der Waals surface area contributed by atoms with Crippen molar-refractivity contribution >= 4 is 33.6 Å². The lowest BCUT2D eigenvalue weighted by Gasteiger charge is -2.22. The van der Waals surface area contributed by atoms with Crippen LogP contribution in [0.1, 0.15) is 70.2 Å². The third-order valence-electron chi connectivity index (χ3n) is 6.33. The Balaban J connectivity index is 2.09. The van der Waals surface area contributed by atoms with E-state index in [9.17, 15) is 9.59 Å². The number of thioether (sulfide) groups is 1. The maximum atomic E-state index is 13.2. The fourth-order valence-corrected chi connectivity index (χ4v) is 5.53. The van der Waals surface area contributed by atoms with E-state index >= 15 is 0 Å². The minimum absolute atomic E-state index is 0.0260. The second kappa shape index (κ2) is 14.8. The van der Waals surface area contributed by atoms with Crippen molar-refractivity contribution < 1.29 is 4.79 Å². The van der Waals surface area contributed by atoms with E-state index in [0.29, 0.717) is 17.1 Å². The molecule has 8 heteroatoms. The first-order valence-corrected chi connectivity index (χ1v) is 14.4. The van der Waals surface area contributed by atoms with Gasteiger partial charge in [-0.25, -0.2) is 4.98 Å². The molecule has 1 aromatic heterocycles. The predicted octanol–water partition coefficient (Wildman–Crippen LogP) is 5.33. The fourth-order valence-electron chi connectivity index (χ4n) is 4.05. The number of benzene rings is 1. The van der Waals surface area contributed by atoms with Gasteiger partial charge in [0.1, 0.15) is 0 Å². The van der Waals surface area contributed by atoms with E-state index in [1.165, 1.54) is 11.8 Å². The van der Waals surface area contributed by atoms with E-state index < -0.39 is 0 Å². The highest BCUT2D eigenvalue weighted by molar-refractivity contribution is 9.10. The van der Waals surface area contributed by atoms with Crippen LogP contribution in [-0.2, 0) is 18.3 Å². The van der Waals surface area contributed by atoms with Crippen LogP contribution in [0.2, 0.25) is 0 Å². The normalized spacial score (nSPS) is 13.1. The van der Waals surface area contributed by atoms with Crippen LogP contribution in [0, 0.1) is 6.92 Å². The minimum Gasteiger partial charge on any atom is -0.353 e. The minimum atomic E-state index is -0.278. The molecule has 1 N–H and O–H groups in total. The molecule has 194 valence electrons. The molecule has 1 aromatic carbocycles. The number of carbonyl (C=O) groups is 1. The van der Waals surface area contributed by atoms with Crippen molar-refractivity contribution in [3.8, 4) is 0 Å². The molecular formula is C27H41BrN4O2S. The van der Waals surface area contributed by atoms with Gasteiger partial charge >= 0.3 is 0 Å². The largest absolute Gasteiger partial charge is 0.353 e. The Bertz CT molecular complexity index is 1010. The molecule has 0 saturated heterocycles. The van der Waals surface area contributed by atoms with Crippen molar-refractivity contribution in [3.63, 3.8) is 0 Å². The number of nitrogens with zero attached hydrogens (tertiary/aromatic N) is 3. The van der Waals surface area contributed by atoms with Crippen LogP contribution in [0.25, 0.3) is 0 Å². The topological polar surface area (TPSA) is 67.2 Å². The summed E-state index contributed by atoms with van der Waals surface area (Å²) in [6.45, 7) is 13.6. The fraction of sp³-hybridized carbons (Fsp3) is 0.593. The van der Waals surface area contributed by atoms with Crippen LogP contribution in [0.15, 0.2) is 38.7 Å². The van der Waals surface area contributed by atoms with Crippen molar-refractivity contribution in [3.05, 3.63) is 55.9 Å². The van der Waals surface area contributed by atoms with Gasteiger partial charge in [-0.3, -0.25) is 14.2 Å². The Hall–Kier alpha value is -1.64. The number of rotatable bonds is 14. The van der Waals surface area contributed by atoms with Gasteiger partial charge in [0.25, 0.3) is 5.56 Å². The SMILES string of the molecule is CCCC(Sc1nc(C)c(Cc2ccc(Br)cc2)c(=O)n1C)C(=O)NC(C)CCCN(CC)CC. The zero-order valence-corrected chi connectivity index (χ0v) is 24.5. The summed E-state index contributed by atoms with van der Waals surface area (Å²) in [5.41, 5.74) is 2.42. The average molecular weight is 566 g/mol. The van der Waals surface area contributed by atoms with Gasteiger partial charge in [-0.15, -0.1) is 0 Å². The summed E-state index contributed by atoms with van der Waals surface area (Å²) in [5, 5.41) is 3.51. The summed E-state index contributed by atoms with van der Waals surface area (Å²) in [6.07, 6.45) is 4.16. The smallest absolute Gasteiger partial charge is 0.257 e. The Labute approximate surface area is 223 Å². The number of amides is 1. The van der Waals surface area contributed by atoms with Crippen molar-refractivity contribution in [1.29, 1.82) is 0 Å². The monoisotopic (exact) mass is 564 g/mol. The first kappa shape index (κ1) is 29.6. The van der Waals surface area contributed by atoms with Gasteiger partial charge in [-0.05, 0) is 70.4 Å². The molecule has 2 atom stereocenters. The molecule has 2 aromatic rings. The van der Waals surface area contributed by atoms with E-state index in [1.54, 1.807) is 11.6 Å². The molecule has 0 aliphatic carbocycles. The van der Waals surface area contributed by atoms with Gasteiger partial charge < -0.3 is 10.2 Å². The summed E-state index contributed by atoms with van der Waals surface area (Å²) < 4.78 is 2.60. The van der Waals surface area contributed by atoms with Crippen molar-refractivity contribution in [2.45, 2.75) is 83.2 Å². The number of carbonyl (C=O) groups excluding carboxylic acids is 1. The molecule has 1 amide bonds. The van der Waals surface area contributed by atoms with Gasteiger partial charge in [0.05, 0.1) is 5.25 Å². The standard InChI is InChI=1S/C27H41BrN4O2S/c1-7-11-24(25(33)29-19(4)12-10-17-32(8-2)9-3)35-27-30-20(5)23(26(34)31(27)6)18-21-13-15-22(28)16-14-21/h13-16,19,24H,7-12,17-18H2,1-6H3,(H,29,33). The zero-order chi connectivity index (χ0) is 26.0. The van der Waals surface area contributed by atoms with Gasteiger partial charge in [0.2, 0.25) is 5.91 Å². The van der Waals surface area contributed by atoms with Crippen molar-refractivity contribution in [1.82, 2.24) is 19.8 Å². The van der Waals surface area contributed by atoms with E-state index in [-0.39, 0.29) is 22.8 Å². The molecular weight excluding hydrogens is 524 g/mol. The van der Waals surface area contributed by atoms with E-state index in [2.05, 4.69) is 53.8 Å². The van der Waals surface area contributed by atoms with Crippen LogP contribution >= 0.6 is 27.7 Å². The van der Waals surface area contributed by atoms with Gasteiger partial charge in [0.15, 0.2) is 5.16 Å². The van der Waals surface area contributed by atoms with Gasteiger partial charge in [-0.2, -0.15) is 0 Å². The highest BCUT2D eigenvalue weighted by atomic mass is 79.9. The summed E-state index contributed by atoms with van der Waals surface area (Å²) in [6, 6.07) is 8.09. The number of aromatic nitrogens is 2. The molecule has 0 aliphatic heterocycles. The molecule has 0 bridgehead atoms. The van der Waals surface area contributed by atoms with Crippen molar-refractivity contribution in [2.75, 3.05) is 19.6 Å². The lowest BCUT2D eigenvalue weighted by Crippen LogP contribution is -2.39. The maximum Gasteiger partial charge on any atom is 0.257 e. The Morgan fingerprint density at radius 2 is 1.83 bits per heavy atom. The van der Waals surface area contributed by atoms with E-state index in [0.717, 1.165) is 61.0 Å². The molecule has 0 radical (unpaired) electrons. The van der Waals surface area contributed by atoms with Crippen LogP contribution in [0.4, 0.5) is 0 Å². The van der Waals surface area contributed by atoms with E-state index in [4.69, 9.17) is 4.98 Å². The Morgan fingerprint density at radius 1 is 1.17 bits per heavy atom. The summed E-state index contributed by atoms with van der Waals surface area (Å²) in [7, 11) is 1.75. The second-order valence-electron chi connectivity index (χ2n) is 9.10. The lowest BCUT2D eigenvalue weighted by molar-refractivity contribution is -0.121. The highest BCUT2D eigenvalue weighted by Gasteiger charge is 2.24. The summed E-state index contributed by atoms with van der Waals surface area (Å²) in [4.78, 5) is 33.5. The van der Waals surface area contributed by atoms with Gasteiger partial charge in [-0.1, -0.05) is 67.0 Å². The zero-order valence-electron chi connectivity index (χ0n) is 22.1. The Kier molecular flexibility index (Phi) is 12.5. The number of hydrogen-bond acceptors (Lipinski definition) is 5. The molecule has 0 spiro atoms. The molecule has 2 unspecified atom stereocenters. The molecule has 0 fully saturated rings. The molecule has 0 aliphatic rings. The van der Waals surface area contributed by atoms with Crippen LogP contribution in [0.3, 0.4) is 0 Å². The average Bonchev–Trinajstić information content (AvgIpc) is 2.83. The molecule has 1 heterocycles. The van der Waals surface area contributed by atoms with Crippen LogP contribution < -0.4 is 10.9 Å². The van der Waals surface area contributed by atoms with Crippen molar-refractivity contribution in [2.24, 2.45) is 7.05 Å². The quantitative estimate of drug-likeness (QED) is 0.248. The molecule has 2 rings (SSSR count). The molecule has 0 saturated carbocycles. The number of hydrogen-bond donors (Lipinski definition) is 1. The highest BCUT2D eigenvalue weighted by Crippen LogP contribution is 2.25. The Morgan fingerprint density at radius 3 is 2.43 bits per heavy atom. The first-order chi connectivity index (χ1) is 16.7. The number of nitrogens with one attached hydrogen (secondary N) is 1. The predicted molar refractivity (Wildman–Crippen MR) is 150 cm³/mol. The second-order valence-corrected chi connectivity index (χ2v) is 11.2. The first-order valence-electron chi connectivity index (χ1n) is 12.7. The third-order valence-corrected chi connectivity index (χ3v) is 8.17. The van der Waals surface area contributed by atoms with Gasteiger partial charge in [0, 0.05) is 35.2 Å². The van der Waals surface area contributed by atoms with E-state index in [1.807, 2.05) is 31.2 Å². The number of aryl methyl sites for hydroxylation is 1. The lowest BCUT2D eigenvalue weighted by atomic mass is 10.1. The molecule has 6 nitrogen and oxygen atoms in total. The summed E-state index contributed by atoms with van der Waals surface area (Å²) in [5.74, 6) is 0.0260. The maximum absolute atomic E-state index is 13.2. The van der Waals surface area contributed by atoms with Crippen LogP contribution in [0.5, 0.6) is 0 Å². The molecule has 35 heavy (non-hydrogen) atoms. The number of halogens is 1. The van der Waals surface area contributed by atoms with Crippen LogP contribution in [-0.4, -0.2) is 51.3 Å². The third kappa shape index (κ3) is 9.07. The summed E-state index contributed by atoms with van der Waals surface area (Å²) >= 11 is 4.85.